The van der Waals surface area contributed by atoms with Crippen LogP contribution in [0.1, 0.15) is 43.9 Å². The van der Waals surface area contributed by atoms with E-state index in [2.05, 4.69) is 195 Å². The minimum absolute atomic E-state index is 0.0172. The first-order valence-electron chi connectivity index (χ1n) is 19.1. The first-order valence-corrected chi connectivity index (χ1v) is 20.0. The lowest BCUT2D eigenvalue weighted by Gasteiger charge is -2.27. The summed E-state index contributed by atoms with van der Waals surface area (Å²) in [7, 11) is 0. The Morgan fingerprint density at radius 2 is 1.20 bits per heavy atom. The molecule has 0 spiro atoms. The van der Waals surface area contributed by atoms with E-state index in [-0.39, 0.29) is 12.0 Å². The molecule has 9 rings (SSSR count). The summed E-state index contributed by atoms with van der Waals surface area (Å²) >= 11 is 1.78. The van der Waals surface area contributed by atoms with Gasteiger partial charge in [-0.15, -0.1) is 0 Å². The van der Waals surface area contributed by atoms with E-state index < -0.39 is 0 Å². The lowest BCUT2D eigenvalue weighted by Crippen LogP contribution is -2.24. The third kappa shape index (κ3) is 6.90. The monoisotopic (exact) mass is 717 g/mol. The second-order valence-electron chi connectivity index (χ2n) is 14.6. The third-order valence-electron chi connectivity index (χ3n) is 11.0. The largest absolute Gasteiger partial charge is 0.310 e. The van der Waals surface area contributed by atoms with Crippen molar-refractivity contribution in [1.82, 2.24) is 0 Å². The molecule has 4 atom stereocenters. The molecule has 4 unspecified atom stereocenters. The van der Waals surface area contributed by atoms with Crippen LogP contribution in [0.4, 0.5) is 17.1 Å². The molecule has 0 amide bonds. The number of allylic oxidation sites excluding steroid dienone is 4. The average molecular weight is 718 g/mol. The molecule has 0 saturated carbocycles. The van der Waals surface area contributed by atoms with Crippen LogP contribution < -0.4 is 4.90 Å². The zero-order valence-corrected chi connectivity index (χ0v) is 31.5. The van der Waals surface area contributed by atoms with E-state index in [1.807, 2.05) is 0 Å². The minimum Gasteiger partial charge on any atom is -0.310 e. The van der Waals surface area contributed by atoms with Crippen LogP contribution in [0.2, 0.25) is 0 Å². The maximum atomic E-state index is 5.60. The SMILES string of the molecule is CCC1CC(C2C=CC=CC2C)=NC2=NC1c1cccc(c1)-c1cccc(c1)N(c1ccc(Sc3ccccc3)cc1)c1cccc(c1)-c1cccc2c1. The van der Waals surface area contributed by atoms with Gasteiger partial charge in [-0.05, 0) is 119 Å². The fraction of sp³-hybridized carbons (Fsp3) is 0.160. The Labute approximate surface area is 323 Å². The van der Waals surface area contributed by atoms with Gasteiger partial charge in [-0.2, -0.15) is 0 Å². The van der Waals surface area contributed by atoms with Crippen molar-refractivity contribution < 1.29 is 0 Å². The maximum absolute atomic E-state index is 5.60. The van der Waals surface area contributed by atoms with Crippen LogP contribution in [-0.2, 0) is 0 Å². The van der Waals surface area contributed by atoms with Crippen molar-refractivity contribution in [2.45, 2.75) is 42.5 Å². The zero-order chi connectivity index (χ0) is 36.4. The number of benzene rings is 6. The Morgan fingerprint density at radius 1 is 0.593 bits per heavy atom. The Morgan fingerprint density at radius 3 is 1.91 bits per heavy atom. The van der Waals surface area contributed by atoms with E-state index in [0.29, 0.717) is 11.8 Å². The van der Waals surface area contributed by atoms with E-state index in [9.17, 15) is 0 Å². The summed E-state index contributed by atoms with van der Waals surface area (Å²) in [5.41, 5.74) is 11.5. The van der Waals surface area contributed by atoms with E-state index >= 15 is 0 Å². The van der Waals surface area contributed by atoms with Gasteiger partial charge in [0.15, 0.2) is 5.84 Å². The summed E-state index contributed by atoms with van der Waals surface area (Å²) in [6.45, 7) is 4.62. The predicted octanol–water partition coefficient (Wildman–Crippen LogP) is 13.7. The van der Waals surface area contributed by atoms with Crippen molar-refractivity contribution >= 4 is 40.4 Å². The van der Waals surface area contributed by atoms with Gasteiger partial charge < -0.3 is 4.90 Å². The molecular weight excluding hydrogens is 675 g/mol. The topological polar surface area (TPSA) is 28.0 Å². The molecule has 3 aliphatic rings. The Bertz CT molecular complexity index is 2420. The summed E-state index contributed by atoms with van der Waals surface area (Å²) in [6.07, 6.45) is 10.9. The van der Waals surface area contributed by atoms with Crippen LogP contribution in [0.15, 0.2) is 196 Å². The molecule has 0 saturated heterocycles. The van der Waals surface area contributed by atoms with E-state index in [4.69, 9.17) is 9.98 Å². The number of hydrogen-bond acceptors (Lipinski definition) is 4. The van der Waals surface area contributed by atoms with Crippen molar-refractivity contribution in [3.63, 3.8) is 0 Å². The highest BCUT2D eigenvalue weighted by Crippen LogP contribution is 2.42. The molecule has 4 heteroatoms. The number of hydrogen-bond donors (Lipinski definition) is 0. The lowest BCUT2D eigenvalue weighted by molar-refractivity contribution is 0.430. The molecule has 1 aliphatic carbocycles. The van der Waals surface area contributed by atoms with Gasteiger partial charge in [0.2, 0.25) is 0 Å². The van der Waals surface area contributed by atoms with Crippen LogP contribution in [0, 0.1) is 17.8 Å². The van der Waals surface area contributed by atoms with E-state index in [0.717, 1.165) is 52.4 Å². The van der Waals surface area contributed by atoms with Gasteiger partial charge in [-0.1, -0.05) is 135 Å². The van der Waals surface area contributed by atoms with Gasteiger partial charge >= 0.3 is 0 Å². The standard InChI is InChI=1S/C50H43N3S/c1-3-35-33-48(47-24-8-7-13-34(47)2)51-50-41-19-10-15-37(30-41)39-17-12-21-44(32-39)53(42-25-27-46(28-26-42)54-45-22-5-4-6-23-45)43-20-11-16-38(31-43)36-14-9-18-40(29-36)49(35)52-50/h4-32,34-35,47,49H,3,33H2,1-2H3. The van der Waals surface area contributed by atoms with Gasteiger partial charge in [0.05, 0.1) is 6.04 Å². The second-order valence-corrected chi connectivity index (χ2v) is 15.7. The molecule has 54 heavy (non-hydrogen) atoms. The van der Waals surface area contributed by atoms with E-state index in [1.54, 1.807) is 11.8 Å². The van der Waals surface area contributed by atoms with Crippen molar-refractivity contribution in [3.05, 3.63) is 187 Å². The number of aliphatic imine (C=N–C) groups is 2. The number of nitrogens with zero attached hydrogens (tertiary/aromatic N) is 3. The number of fused-ring (bicyclic) bond motifs is 13. The Kier molecular flexibility index (Phi) is 9.44. The zero-order valence-electron chi connectivity index (χ0n) is 30.7. The summed E-state index contributed by atoms with van der Waals surface area (Å²) in [4.78, 5) is 15.9. The molecule has 10 bridgehead atoms. The normalized spacial score (nSPS) is 20.1. The highest BCUT2D eigenvalue weighted by molar-refractivity contribution is 7.99. The molecule has 0 radical (unpaired) electrons. The number of anilines is 3. The summed E-state index contributed by atoms with van der Waals surface area (Å²) < 4.78 is 0. The van der Waals surface area contributed by atoms with Gasteiger partial charge in [0, 0.05) is 44.0 Å². The Hall–Kier alpha value is -5.71. The molecule has 0 N–H and O–H groups in total. The van der Waals surface area contributed by atoms with Gasteiger partial charge in [-0.25, -0.2) is 4.99 Å². The summed E-state index contributed by atoms with van der Waals surface area (Å²) in [5, 5.41) is 0. The van der Waals surface area contributed by atoms with Crippen LogP contribution in [0.3, 0.4) is 0 Å². The van der Waals surface area contributed by atoms with Crippen molar-refractivity contribution in [1.29, 1.82) is 0 Å². The smallest absolute Gasteiger partial charge is 0.155 e. The van der Waals surface area contributed by atoms with Crippen molar-refractivity contribution in [2.75, 3.05) is 4.90 Å². The molecule has 264 valence electrons. The molecule has 3 nitrogen and oxygen atoms in total. The molecule has 6 aromatic carbocycles. The van der Waals surface area contributed by atoms with E-state index in [1.165, 1.54) is 32.2 Å². The second kappa shape index (κ2) is 15.0. The maximum Gasteiger partial charge on any atom is 0.155 e. The molecule has 0 aromatic heterocycles. The summed E-state index contributed by atoms with van der Waals surface area (Å²) in [5.74, 6) is 1.80. The summed E-state index contributed by atoms with van der Waals surface area (Å²) in [6, 6.07) is 55.3. The van der Waals surface area contributed by atoms with Crippen LogP contribution in [0.25, 0.3) is 22.3 Å². The number of rotatable bonds is 5. The van der Waals surface area contributed by atoms with Crippen LogP contribution in [0.5, 0.6) is 0 Å². The molecule has 2 heterocycles. The Balaban J connectivity index is 1.21. The van der Waals surface area contributed by atoms with Gasteiger partial charge in [-0.3, -0.25) is 4.99 Å². The fourth-order valence-corrected chi connectivity index (χ4v) is 8.99. The third-order valence-corrected chi connectivity index (χ3v) is 12.1. The first-order chi connectivity index (χ1) is 26.6. The highest BCUT2D eigenvalue weighted by atomic mass is 32.2. The quantitative estimate of drug-likeness (QED) is 0.178. The van der Waals surface area contributed by atoms with Crippen molar-refractivity contribution in [2.24, 2.45) is 27.7 Å². The fourth-order valence-electron chi connectivity index (χ4n) is 8.15. The molecule has 0 fully saturated rings. The molecular formula is C50H43N3S. The molecule has 6 aromatic rings. The lowest BCUT2D eigenvalue weighted by atomic mass is 9.79. The number of amidine groups is 1. The van der Waals surface area contributed by atoms with Gasteiger partial charge in [0.1, 0.15) is 0 Å². The molecule has 2 aliphatic heterocycles. The predicted molar refractivity (Wildman–Crippen MR) is 229 cm³/mol. The first kappa shape index (κ1) is 34.1. The van der Waals surface area contributed by atoms with Crippen LogP contribution >= 0.6 is 11.8 Å². The highest BCUT2D eigenvalue weighted by Gasteiger charge is 2.31. The van der Waals surface area contributed by atoms with Crippen LogP contribution in [-0.4, -0.2) is 11.5 Å². The van der Waals surface area contributed by atoms with Gasteiger partial charge in [0.25, 0.3) is 0 Å². The van der Waals surface area contributed by atoms with Crippen molar-refractivity contribution in [3.8, 4) is 22.3 Å². The minimum atomic E-state index is -0.0172. The average Bonchev–Trinajstić information content (AvgIpc) is 3.42.